The molecule has 21 heavy (non-hydrogen) atoms. The van der Waals surface area contributed by atoms with Crippen LogP contribution in [-0.4, -0.2) is 33.0 Å². The first kappa shape index (κ1) is 14.8. The van der Waals surface area contributed by atoms with Gasteiger partial charge in [-0.25, -0.2) is 4.79 Å². The van der Waals surface area contributed by atoms with E-state index in [1.165, 1.54) is 0 Å². The number of hydrogen-bond acceptors (Lipinski definition) is 5. The molecule has 0 saturated carbocycles. The van der Waals surface area contributed by atoms with Gasteiger partial charge in [-0.05, 0) is 5.56 Å². The summed E-state index contributed by atoms with van der Waals surface area (Å²) in [6, 6.07) is 7.97. The van der Waals surface area contributed by atoms with Gasteiger partial charge in [0.1, 0.15) is 5.82 Å². The first-order chi connectivity index (χ1) is 10.2. The van der Waals surface area contributed by atoms with Gasteiger partial charge in [0.15, 0.2) is 5.82 Å². The Morgan fingerprint density at radius 2 is 2.05 bits per heavy atom. The van der Waals surface area contributed by atoms with Gasteiger partial charge in [0, 0.05) is 0 Å². The van der Waals surface area contributed by atoms with Gasteiger partial charge >= 0.3 is 6.03 Å². The van der Waals surface area contributed by atoms with E-state index in [9.17, 15) is 9.90 Å². The second-order valence-corrected chi connectivity index (χ2v) is 4.37. The number of nitrogens with one attached hydrogen (secondary N) is 3. The van der Waals surface area contributed by atoms with Crippen molar-refractivity contribution in [3.05, 3.63) is 41.5 Å². The summed E-state index contributed by atoms with van der Waals surface area (Å²) in [6.07, 6.45) is 0. The average molecular weight is 291 g/mol. The molecule has 0 aliphatic rings. The molecular formula is C13H17N5O3. The lowest BCUT2D eigenvalue weighted by Gasteiger charge is -2.16. The second-order valence-electron chi connectivity index (χ2n) is 4.37. The number of benzene rings is 1. The summed E-state index contributed by atoms with van der Waals surface area (Å²) in [4.78, 5) is 11.9. The molecular weight excluding hydrogens is 274 g/mol. The third kappa shape index (κ3) is 3.50. The van der Waals surface area contributed by atoms with E-state index < -0.39 is 12.1 Å². The predicted molar refractivity (Wildman–Crippen MR) is 77.3 cm³/mol. The molecule has 0 bridgehead atoms. The quantitative estimate of drug-likeness (QED) is 0.472. The number of nitrogens with zero attached hydrogens (tertiary/aromatic N) is 1. The zero-order valence-electron chi connectivity index (χ0n) is 11.2. The Bertz CT molecular complexity index is 599. The summed E-state index contributed by atoms with van der Waals surface area (Å²) in [5, 5.41) is 29.9. The van der Waals surface area contributed by atoms with Gasteiger partial charge in [-0.1, -0.05) is 30.3 Å². The lowest BCUT2D eigenvalue weighted by molar-refractivity contribution is 0.225. The Labute approximate surface area is 121 Å². The molecule has 0 fully saturated rings. The summed E-state index contributed by atoms with van der Waals surface area (Å²) in [5.74, 6) is 0.340. The van der Waals surface area contributed by atoms with Crippen LogP contribution in [0, 0.1) is 0 Å². The highest BCUT2D eigenvalue weighted by atomic mass is 16.3. The summed E-state index contributed by atoms with van der Waals surface area (Å²) in [6.45, 7) is -0.590. The smallest absolute Gasteiger partial charge is 0.321 e. The minimum absolute atomic E-state index is 0.150. The van der Waals surface area contributed by atoms with Crippen molar-refractivity contribution >= 4 is 17.7 Å². The maximum absolute atomic E-state index is 11.9. The van der Waals surface area contributed by atoms with E-state index in [0.717, 1.165) is 5.56 Å². The SMILES string of the molecule is Nc1[nH]nc(NC(=O)N[C@H](CO)c2ccccc2)c1CO. The van der Waals surface area contributed by atoms with Gasteiger partial charge in [-0.15, -0.1) is 0 Å². The van der Waals surface area contributed by atoms with E-state index in [1.807, 2.05) is 18.2 Å². The zero-order valence-corrected chi connectivity index (χ0v) is 11.2. The van der Waals surface area contributed by atoms with Gasteiger partial charge < -0.3 is 21.3 Å². The van der Waals surface area contributed by atoms with E-state index in [2.05, 4.69) is 20.8 Å². The molecule has 1 aromatic heterocycles. The van der Waals surface area contributed by atoms with Gasteiger partial charge in [-0.2, -0.15) is 5.10 Å². The van der Waals surface area contributed by atoms with Crippen molar-refractivity contribution in [2.75, 3.05) is 17.7 Å². The lowest BCUT2D eigenvalue weighted by atomic mass is 10.1. The number of aromatic amines is 1. The predicted octanol–water partition coefficient (Wildman–Crippen LogP) is 0.339. The number of aliphatic hydroxyl groups is 2. The van der Waals surface area contributed by atoms with Crippen molar-refractivity contribution in [3.8, 4) is 0 Å². The molecule has 0 aliphatic heterocycles. The first-order valence-corrected chi connectivity index (χ1v) is 6.32. The van der Waals surface area contributed by atoms with Gasteiger partial charge in [-0.3, -0.25) is 10.4 Å². The Balaban J connectivity index is 2.03. The van der Waals surface area contributed by atoms with Gasteiger partial charge in [0.2, 0.25) is 0 Å². The van der Waals surface area contributed by atoms with E-state index in [0.29, 0.717) is 5.56 Å². The molecule has 1 atom stereocenters. The Kier molecular flexibility index (Phi) is 4.75. The molecule has 0 saturated heterocycles. The van der Waals surface area contributed by atoms with Crippen LogP contribution in [-0.2, 0) is 6.61 Å². The molecule has 2 aromatic rings. The molecule has 1 heterocycles. The van der Waals surface area contributed by atoms with Crippen molar-refractivity contribution in [1.29, 1.82) is 0 Å². The molecule has 7 N–H and O–H groups in total. The highest BCUT2D eigenvalue weighted by molar-refractivity contribution is 5.89. The molecule has 0 unspecified atom stereocenters. The van der Waals surface area contributed by atoms with Crippen LogP contribution in [0.5, 0.6) is 0 Å². The summed E-state index contributed by atoms with van der Waals surface area (Å²) < 4.78 is 0. The number of nitrogen functional groups attached to an aromatic ring is 1. The number of hydrogen-bond donors (Lipinski definition) is 6. The van der Waals surface area contributed by atoms with E-state index in [4.69, 9.17) is 10.8 Å². The van der Waals surface area contributed by atoms with Crippen molar-refractivity contribution < 1.29 is 15.0 Å². The second kappa shape index (κ2) is 6.73. The van der Waals surface area contributed by atoms with Crippen molar-refractivity contribution in [1.82, 2.24) is 15.5 Å². The molecule has 2 amide bonds. The molecule has 8 nitrogen and oxygen atoms in total. The minimum atomic E-state index is -0.556. The fraction of sp³-hybridized carbons (Fsp3) is 0.231. The Morgan fingerprint density at radius 3 is 2.67 bits per heavy atom. The van der Waals surface area contributed by atoms with E-state index in [1.54, 1.807) is 12.1 Å². The number of carbonyl (C=O) groups excluding carboxylic acids is 1. The third-order valence-electron chi connectivity index (χ3n) is 2.98. The summed E-state index contributed by atoms with van der Waals surface area (Å²) in [5.41, 5.74) is 6.64. The molecule has 112 valence electrons. The van der Waals surface area contributed by atoms with E-state index >= 15 is 0 Å². The molecule has 1 aromatic carbocycles. The largest absolute Gasteiger partial charge is 0.394 e. The van der Waals surface area contributed by atoms with Crippen LogP contribution in [0.2, 0.25) is 0 Å². The number of carbonyl (C=O) groups is 1. The Hall–Kier alpha value is -2.58. The van der Waals surface area contributed by atoms with Gasteiger partial charge in [0.25, 0.3) is 0 Å². The minimum Gasteiger partial charge on any atom is -0.394 e. The number of urea groups is 1. The van der Waals surface area contributed by atoms with Crippen molar-refractivity contribution in [2.45, 2.75) is 12.6 Å². The molecule has 0 spiro atoms. The van der Waals surface area contributed by atoms with Crippen LogP contribution in [0.1, 0.15) is 17.2 Å². The van der Waals surface area contributed by atoms with Crippen LogP contribution in [0.4, 0.5) is 16.4 Å². The number of anilines is 2. The number of amides is 2. The number of aromatic nitrogens is 2. The number of rotatable bonds is 5. The number of aliphatic hydroxyl groups excluding tert-OH is 2. The molecule has 8 heteroatoms. The van der Waals surface area contributed by atoms with Crippen LogP contribution in [0.3, 0.4) is 0 Å². The molecule has 0 radical (unpaired) electrons. The first-order valence-electron chi connectivity index (χ1n) is 6.32. The van der Waals surface area contributed by atoms with Crippen LogP contribution < -0.4 is 16.4 Å². The fourth-order valence-electron chi connectivity index (χ4n) is 1.86. The van der Waals surface area contributed by atoms with Gasteiger partial charge in [0.05, 0.1) is 24.8 Å². The fourth-order valence-corrected chi connectivity index (χ4v) is 1.86. The zero-order chi connectivity index (χ0) is 15.2. The van der Waals surface area contributed by atoms with Crippen LogP contribution in [0.15, 0.2) is 30.3 Å². The van der Waals surface area contributed by atoms with Crippen LogP contribution >= 0.6 is 0 Å². The number of H-pyrrole nitrogens is 1. The number of nitrogens with two attached hydrogens (primary N) is 1. The topological polar surface area (TPSA) is 136 Å². The average Bonchev–Trinajstić information content (AvgIpc) is 2.85. The molecule has 0 aliphatic carbocycles. The summed E-state index contributed by atoms with van der Waals surface area (Å²) >= 11 is 0. The summed E-state index contributed by atoms with van der Waals surface area (Å²) in [7, 11) is 0. The highest BCUT2D eigenvalue weighted by Crippen LogP contribution is 2.18. The standard InChI is InChI=1S/C13H17N5O3/c14-11-9(6-19)12(18-17-11)16-13(21)15-10(7-20)8-4-2-1-3-5-8/h1-5,10,19-20H,6-7H2,(H5,14,15,16,17,18,21)/t10-/m1/s1. The maximum atomic E-state index is 11.9. The van der Waals surface area contributed by atoms with Crippen molar-refractivity contribution in [2.24, 2.45) is 0 Å². The van der Waals surface area contributed by atoms with Crippen LogP contribution in [0.25, 0.3) is 0 Å². The Morgan fingerprint density at radius 1 is 1.33 bits per heavy atom. The monoisotopic (exact) mass is 291 g/mol. The third-order valence-corrected chi connectivity index (χ3v) is 2.98. The molecule has 2 rings (SSSR count). The highest BCUT2D eigenvalue weighted by Gasteiger charge is 2.16. The lowest BCUT2D eigenvalue weighted by Crippen LogP contribution is -2.34. The maximum Gasteiger partial charge on any atom is 0.321 e. The normalized spacial score (nSPS) is 11.9. The van der Waals surface area contributed by atoms with E-state index in [-0.39, 0.29) is 24.8 Å². The van der Waals surface area contributed by atoms with Crippen molar-refractivity contribution in [3.63, 3.8) is 0 Å².